The quantitative estimate of drug-likeness (QED) is 0.700. The number of amides is 1. The van der Waals surface area contributed by atoms with Gasteiger partial charge in [-0.25, -0.2) is 0 Å². The number of carbonyl (C=O) groups excluding carboxylic acids is 1. The first-order valence-corrected chi connectivity index (χ1v) is 10.6. The maximum atomic E-state index is 12.5. The normalized spacial score (nSPS) is 15.1. The zero-order chi connectivity index (χ0) is 19.8. The van der Waals surface area contributed by atoms with Gasteiger partial charge in [0.05, 0.1) is 24.1 Å². The fourth-order valence-corrected chi connectivity index (χ4v) is 4.08. The number of anilines is 1. The van der Waals surface area contributed by atoms with Crippen LogP contribution in [-0.2, 0) is 11.3 Å². The minimum atomic E-state index is -0.0201. The molecule has 0 spiro atoms. The van der Waals surface area contributed by atoms with E-state index < -0.39 is 0 Å². The largest absolute Gasteiger partial charge is 0.324 e. The first-order chi connectivity index (χ1) is 13.6. The zero-order valence-electron chi connectivity index (χ0n) is 15.6. The molecule has 1 aliphatic rings. The molecule has 1 saturated heterocycles. The van der Waals surface area contributed by atoms with Crippen molar-refractivity contribution < 1.29 is 4.79 Å². The lowest BCUT2D eigenvalue weighted by Gasteiger charge is -2.34. The van der Waals surface area contributed by atoms with Crippen molar-refractivity contribution in [1.29, 1.82) is 5.26 Å². The van der Waals surface area contributed by atoms with Crippen LogP contribution in [0.2, 0.25) is 5.02 Å². The summed E-state index contributed by atoms with van der Waals surface area (Å²) in [4.78, 5) is 17.9. The van der Waals surface area contributed by atoms with Gasteiger partial charge in [0.25, 0.3) is 0 Å². The number of nitrogens with one attached hydrogen (secondary N) is 1. The summed E-state index contributed by atoms with van der Waals surface area (Å²) in [6.45, 7) is 4.83. The molecule has 0 atom stereocenters. The highest BCUT2D eigenvalue weighted by Crippen LogP contribution is 2.26. The Hall–Kier alpha value is -2.04. The third-order valence-electron chi connectivity index (χ3n) is 4.58. The predicted molar refractivity (Wildman–Crippen MR) is 115 cm³/mol. The van der Waals surface area contributed by atoms with Gasteiger partial charge in [-0.1, -0.05) is 35.9 Å². The van der Waals surface area contributed by atoms with Crippen LogP contribution in [0.3, 0.4) is 0 Å². The van der Waals surface area contributed by atoms with Crippen LogP contribution in [0.25, 0.3) is 0 Å². The number of thioether (sulfide) groups is 1. The van der Waals surface area contributed by atoms with E-state index in [0.29, 0.717) is 12.3 Å². The van der Waals surface area contributed by atoms with Crippen LogP contribution in [0.15, 0.2) is 53.4 Å². The van der Waals surface area contributed by atoms with Crippen molar-refractivity contribution in [3.05, 3.63) is 59.1 Å². The Labute approximate surface area is 175 Å². The molecule has 2 aromatic rings. The van der Waals surface area contributed by atoms with Crippen LogP contribution >= 0.6 is 23.4 Å². The number of nitriles is 1. The topological polar surface area (TPSA) is 59.4 Å². The summed E-state index contributed by atoms with van der Waals surface area (Å²) >= 11 is 7.49. The lowest BCUT2D eigenvalue weighted by molar-refractivity contribution is -0.117. The number of rotatable bonds is 7. The second-order valence-corrected chi connectivity index (χ2v) is 8.13. The molecule has 0 bridgehead atoms. The van der Waals surface area contributed by atoms with E-state index >= 15 is 0 Å². The molecule has 1 fully saturated rings. The van der Waals surface area contributed by atoms with Crippen molar-refractivity contribution in [1.82, 2.24) is 9.80 Å². The number of para-hydroxylation sites is 1. The minimum absolute atomic E-state index is 0.0201. The number of benzene rings is 2. The smallest absolute Gasteiger partial charge is 0.238 e. The molecule has 1 aliphatic heterocycles. The average Bonchev–Trinajstić information content (AvgIpc) is 2.69. The van der Waals surface area contributed by atoms with Gasteiger partial charge in [-0.05, 0) is 29.8 Å². The Kier molecular flexibility index (Phi) is 7.75. The van der Waals surface area contributed by atoms with E-state index in [0.717, 1.165) is 48.3 Å². The van der Waals surface area contributed by atoms with Crippen LogP contribution in [0.4, 0.5) is 5.69 Å². The van der Waals surface area contributed by atoms with Crippen molar-refractivity contribution in [2.24, 2.45) is 0 Å². The molecule has 3 rings (SSSR count). The molecule has 0 aliphatic carbocycles. The third-order valence-corrected chi connectivity index (χ3v) is 5.76. The van der Waals surface area contributed by atoms with Gasteiger partial charge < -0.3 is 5.32 Å². The van der Waals surface area contributed by atoms with Crippen LogP contribution in [0, 0.1) is 11.3 Å². The van der Waals surface area contributed by atoms with Crippen LogP contribution in [0.5, 0.6) is 0 Å². The molecule has 1 heterocycles. The summed E-state index contributed by atoms with van der Waals surface area (Å²) in [5.41, 5.74) is 1.98. The molecule has 28 heavy (non-hydrogen) atoms. The third kappa shape index (κ3) is 6.25. The van der Waals surface area contributed by atoms with Gasteiger partial charge in [-0.2, -0.15) is 5.26 Å². The van der Waals surface area contributed by atoms with E-state index in [9.17, 15) is 4.79 Å². The molecule has 0 unspecified atom stereocenters. The molecule has 7 heteroatoms. The van der Waals surface area contributed by atoms with Gasteiger partial charge in [0, 0.05) is 42.6 Å². The van der Waals surface area contributed by atoms with Crippen LogP contribution < -0.4 is 5.32 Å². The SMILES string of the molecule is N#CCSc1ccccc1NC(=O)CN1CCN(Cc2cccc(Cl)c2)CC1. The van der Waals surface area contributed by atoms with E-state index in [1.807, 2.05) is 42.5 Å². The Balaban J connectivity index is 1.46. The van der Waals surface area contributed by atoms with Gasteiger partial charge in [0.2, 0.25) is 5.91 Å². The van der Waals surface area contributed by atoms with Gasteiger partial charge in [-0.15, -0.1) is 11.8 Å². The van der Waals surface area contributed by atoms with Crippen LogP contribution in [0.1, 0.15) is 5.56 Å². The van der Waals surface area contributed by atoms with Crippen molar-refractivity contribution in [2.75, 3.05) is 43.8 Å². The second kappa shape index (κ2) is 10.5. The molecule has 2 aromatic carbocycles. The lowest BCUT2D eigenvalue weighted by atomic mass is 10.2. The highest BCUT2D eigenvalue weighted by atomic mass is 35.5. The van der Waals surface area contributed by atoms with E-state index in [1.165, 1.54) is 17.3 Å². The highest BCUT2D eigenvalue weighted by Gasteiger charge is 2.19. The van der Waals surface area contributed by atoms with Crippen LogP contribution in [-0.4, -0.2) is 54.2 Å². The molecular formula is C21H23ClN4OS. The maximum absolute atomic E-state index is 12.5. The Bertz CT molecular complexity index is 846. The summed E-state index contributed by atoms with van der Waals surface area (Å²) in [6, 6.07) is 17.7. The van der Waals surface area contributed by atoms with Gasteiger partial charge >= 0.3 is 0 Å². The molecule has 146 valence electrons. The number of halogens is 1. The molecule has 0 saturated carbocycles. The molecule has 0 radical (unpaired) electrons. The number of carbonyl (C=O) groups is 1. The summed E-state index contributed by atoms with van der Waals surface area (Å²) in [5.74, 6) is 0.342. The lowest BCUT2D eigenvalue weighted by Crippen LogP contribution is -2.48. The molecule has 0 aromatic heterocycles. The van der Waals surface area contributed by atoms with E-state index in [-0.39, 0.29) is 5.91 Å². The summed E-state index contributed by atoms with van der Waals surface area (Å²) < 4.78 is 0. The van der Waals surface area contributed by atoms with Crippen molar-refractivity contribution in [3.63, 3.8) is 0 Å². The first kappa shape index (κ1) is 20.7. The van der Waals surface area contributed by atoms with Crippen molar-refractivity contribution in [2.45, 2.75) is 11.4 Å². The predicted octanol–water partition coefficient (Wildman–Crippen LogP) is 3.71. The number of hydrogen-bond donors (Lipinski definition) is 1. The minimum Gasteiger partial charge on any atom is -0.324 e. The summed E-state index contributed by atoms with van der Waals surface area (Å²) in [5, 5.41) is 12.5. The average molecular weight is 415 g/mol. The van der Waals surface area contributed by atoms with Gasteiger partial charge in [-0.3, -0.25) is 14.6 Å². The fourth-order valence-electron chi connectivity index (χ4n) is 3.20. The Morgan fingerprint density at radius 1 is 1.11 bits per heavy atom. The highest BCUT2D eigenvalue weighted by molar-refractivity contribution is 7.99. The first-order valence-electron chi connectivity index (χ1n) is 9.22. The summed E-state index contributed by atoms with van der Waals surface area (Å²) in [6.07, 6.45) is 0. The maximum Gasteiger partial charge on any atom is 0.238 e. The number of piperazine rings is 1. The summed E-state index contributed by atoms with van der Waals surface area (Å²) in [7, 11) is 0. The van der Waals surface area contributed by atoms with Gasteiger partial charge in [0.1, 0.15) is 0 Å². The number of nitrogens with zero attached hydrogens (tertiary/aromatic N) is 3. The molecular weight excluding hydrogens is 392 g/mol. The van der Waals surface area contributed by atoms with Crippen molar-refractivity contribution >= 4 is 35.0 Å². The zero-order valence-corrected chi connectivity index (χ0v) is 17.2. The van der Waals surface area contributed by atoms with Gasteiger partial charge in [0.15, 0.2) is 0 Å². The Morgan fingerprint density at radius 3 is 2.61 bits per heavy atom. The second-order valence-electron chi connectivity index (χ2n) is 6.67. The van der Waals surface area contributed by atoms with Crippen molar-refractivity contribution in [3.8, 4) is 6.07 Å². The number of hydrogen-bond acceptors (Lipinski definition) is 5. The van der Waals surface area contributed by atoms with E-state index in [4.69, 9.17) is 16.9 Å². The van der Waals surface area contributed by atoms with E-state index in [2.05, 4.69) is 27.3 Å². The fraction of sp³-hybridized carbons (Fsp3) is 0.333. The Morgan fingerprint density at radius 2 is 1.86 bits per heavy atom. The monoisotopic (exact) mass is 414 g/mol. The molecule has 5 nitrogen and oxygen atoms in total. The molecule has 1 N–H and O–H groups in total. The standard InChI is InChI=1S/C21H23ClN4OS/c22-18-5-3-4-17(14-18)15-25-9-11-26(12-10-25)16-21(27)24-19-6-1-2-7-20(19)28-13-8-23/h1-7,14H,9-13,15-16H2,(H,24,27). The van der Waals surface area contributed by atoms with E-state index in [1.54, 1.807) is 0 Å². The molecule has 1 amide bonds.